The summed E-state index contributed by atoms with van der Waals surface area (Å²) in [5.41, 5.74) is 10.0. The van der Waals surface area contributed by atoms with E-state index in [1.807, 2.05) is 18.2 Å². The van der Waals surface area contributed by atoms with E-state index >= 15 is 0 Å². The summed E-state index contributed by atoms with van der Waals surface area (Å²) in [5.74, 6) is -0.295. The van der Waals surface area contributed by atoms with Crippen LogP contribution in [0.25, 0.3) is 0 Å². The summed E-state index contributed by atoms with van der Waals surface area (Å²) in [4.78, 5) is 22.7. The van der Waals surface area contributed by atoms with Gasteiger partial charge in [0.05, 0.1) is 16.8 Å². The fourth-order valence-electron chi connectivity index (χ4n) is 4.21. The lowest BCUT2D eigenvalue weighted by molar-refractivity contribution is 0.0812. The number of pyridine rings is 1. The summed E-state index contributed by atoms with van der Waals surface area (Å²) < 4.78 is 13.2. The number of allylic oxidation sites excluding steroid dienone is 2. The van der Waals surface area contributed by atoms with Gasteiger partial charge in [0.2, 0.25) is 0 Å². The van der Waals surface area contributed by atoms with Crippen LogP contribution in [0.15, 0.2) is 71.0 Å². The van der Waals surface area contributed by atoms with Crippen molar-refractivity contribution in [3.05, 3.63) is 83.1 Å². The minimum atomic E-state index is -0.718. The maximum absolute atomic E-state index is 13.7. The van der Waals surface area contributed by atoms with Crippen LogP contribution in [0.1, 0.15) is 35.8 Å². The van der Waals surface area contributed by atoms with E-state index in [0.717, 1.165) is 41.8 Å². The average molecular weight is 404 g/mol. The Morgan fingerprint density at radius 2 is 2.13 bits per heavy atom. The zero-order chi connectivity index (χ0) is 21.1. The molecule has 3 N–H and O–H groups in total. The molecule has 0 spiro atoms. The lowest BCUT2D eigenvalue weighted by atomic mass is 9.64. The number of carbonyl (C=O) groups is 1. The van der Waals surface area contributed by atoms with Gasteiger partial charge in [-0.1, -0.05) is 12.5 Å². The largest absolute Gasteiger partial charge is 0.404 e. The number of halogens is 1. The molecule has 0 radical (unpaired) electrons. The summed E-state index contributed by atoms with van der Waals surface area (Å²) in [6.07, 6.45) is 7.26. The number of nitrogens with one attached hydrogen (secondary N) is 1. The first-order valence-corrected chi connectivity index (χ1v) is 10.2. The molecule has 0 saturated carbocycles. The van der Waals surface area contributed by atoms with Crippen LogP contribution in [0.5, 0.6) is 0 Å². The zero-order valence-corrected chi connectivity index (χ0v) is 17.0. The number of piperidine rings is 1. The normalized spacial score (nSPS) is 23.9. The number of aliphatic imine (C=N–C) groups is 1. The van der Waals surface area contributed by atoms with Gasteiger partial charge in [-0.2, -0.15) is 0 Å². The number of rotatable bonds is 4. The lowest BCUT2D eigenvalue weighted by Crippen LogP contribution is -2.50. The fourth-order valence-corrected chi connectivity index (χ4v) is 4.21. The highest BCUT2D eigenvalue weighted by molar-refractivity contribution is 6.14. The topological polar surface area (TPSA) is 80.4 Å². The number of benzene rings is 1. The lowest BCUT2D eigenvalue weighted by Gasteiger charge is -2.42. The van der Waals surface area contributed by atoms with E-state index < -0.39 is 5.41 Å². The van der Waals surface area contributed by atoms with E-state index in [0.29, 0.717) is 24.3 Å². The predicted molar refractivity (Wildman–Crippen MR) is 116 cm³/mol. The molecule has 1 aliphatic heterocycles. The third-order valence-electron chi connectivity index (χ3n) is 5.92. The van der Waals surface area contributed by atoms with Gasteiger partial charge in [-0.25, -0.2) is 9.38 Å². The van der Waals surface area contributed by atoms with Crippen LogP contribution in [-0.2, 0) is 6.42 Å². The number of aromatic nitrogens is 1. The summed E-state index contributed by atoms with van der Waals surface area (Å²) in [7, 11) is 0. The number of hydrogen-bond donors (Lipinski definition) is 2. The molecule has 1 unspecified atom stereocenters. The Balaban J connectivity index is 1.78. The molecule has 4 rings (SSSR count). The van der Waals surface area contributed by atoms with Gasteiger partial charge in [-0.05, 0) is 85.6 Å². The minimum absolute atomic E-state index is 0.0106. The van der Waals surface area contributed by atoms with Crippen LogP contribution in [0.3, 0.4) is 0 Å². The van der Waals surface area contributed by atoms with Gasteiger partial charge in [0.1, 0.15) is 11.5 Å². The van der Waals surface area contributed by atoms with Crippen molar-refractivity contribution in [1.29, 1.82) is 0 Å². The second kappa shape index (κ2) is 8.32. The molecule has 5 nitrogen and oxygen atoms in total. The maximum atomic E-state index is 13.7. The number of carbonyl (C=O) groups excluding carboxylic acids is 1. The predicted octanol–water partition coefficient (Wildman–Crippen LogP) is 3.89. The molecular weight excluding hydrogens is 379 g/mol. The fraction of sp³-hybridized carbons (Fsp3) is 0.292. The molecule has 6 heteroatoms. The third-order valence-corrected chi connectivity index (χ3v) is 5.92. The van der Waals surface area contributed by atoms with Crippen molar-refractivity contribution in [3.8, 4) is 0 Å². The van der Waals surface area contributed by atoms with Gasteiger partial charge in [-0.3, -0.25) is 9.78 Å². The highest BCUT2D eigenvalue weighted by atomic mass is 19.1. The van der Waals surface area contributed by atoms with Crippen molar-refractivity contribution >= 4 is 17.2 Å². The Kier molecular flexibility index (Phi) is 5.59. The van der Waals surface area contributed by atoms with E-state index in [1.54, 1.807) is 18.3 Å². The number of nitrogens with zero attached hydrogens (tertiary/aromatic N) is 2. The zero-order valence-electron chi connectivity index (χ0n) is 17.0. The van der Waals surface area contributed by atoms with E-state index in [-0.39, 0.29) is 11.6 Å². The Morgan fingerprint density at radius 3 is 2.87 bits per heavy atom. The summed E-state index contributed by atoms with van der Waals surface area (Å²) in [6, 6.07) is 9.84. The smallest absolute Gasteiger partial charge is 0.192 e. The number of Topliss-reactive ketones (excluding diaryl/α,β-unsaturated/α-hetero) is 1. The molecule has 154 valence electrons. The Labute approximate surface area is 175 Å². The van der Waals surface area contributed by atoms with E-state index in [4.69, 9.17) is 5.73 Å². The van der Waals surface area contributed by atoms with Gasteiger partial charge in [0.25, 0.3) is 0 Å². The first-order chi connectivity index (χ1) is 14.6. The number of hydrogen-bond acceptors (Lipinski definition) is 5. The highest BCUT2D eigenvalue weighted by Gasteiger charge is 2.47. The van der Waals surface area contributed by atoms with Crippen LogP contribution in [0.4, 0.5) is 10.1 Å². The van der Waals surface area contributed by atoms with Gasteiger partial charge in [-0.15, -0.1) is 0 Å². The second-order valence-electron chi connectivity index (χ2n) is 7.75. The molecule has 2 heterocycles. The third kappa shape index (κ3) is 3.71. The van der Waals surface area contributed by atoms with Crippen LogP contribution >= 0.6 is 0 Å². The van der Waals surface area contributed by atoms with Crippen molar-refractivity contribution in [2.75, 3.05) is 13.1 Å². The van der Waals surface area contributed by atoms with Gasteiger partial charge in [0.15, 0.2) is 5.78 Å². The Hall–Kier alpha value is -3.12. The highest BCUT2D eigenvalue weighted by Crippen LogP contribution is 2.44. The molecule has 1 aromatic carbocycles. The number of aryl methyl sites for hydroxylation is 1. The summed E-state index contributed by atoms with van der Waals surface area (Å²) in [6.45, 7) is 3.40. The Bertz CT molecular complexity index is 1060. The second-order valence-corrected chi connectivity index (χ2v) is 7.75. The van der Waals surface area contributed by atoms with Gasteiger partial charge >= 0.3 is 0 Å². The van der Waals surface area contributed by atoms with Crippen molar-refractivity contribution in [3.63, 3.8) is 0 Å². The van der Waals surface area contributed by atoms with Crippen molar-refractivity contribution < 1.29 is 9.18 Å². The average Bonchev–Trinajstić information content (AvgIpc) is 2.79. The summed E-state index contributed by atoms with van der Waals surface area (Å²) in [5, 5.41) is 3.38. The van der Waals surface area contributed by atoms with E-state index in [9.17, 15) is 9.18 Å². The molecule has 0 amide bonds. The van der Waals surface area contributed by atoms with Crippen LogP contribution in [-0.4, -0.2) is 29.6 Å². The van der Waals surface area contributed by atoms with Crippen molar-refractivity contribution in [2.24, 2.45) is 16.1 Å². The standard InChI is InChI=1S/C24H25FN4O/c1-2-16-7-10-28-22(11-16)23(30)24-13-17(14-26)21(12-18(24)8-9-27-15-24)29-20-5-3-19(25)4-6-20/h3-7,10-12,14,27H,2,8-9,13,15,26H2,1H3. The maximum Gasteiger partial charge on any atom is 0.192 e. The molecular formula is C24H25FN4O. The minimum Gasteiger partial charge on any atom is -0.404 e. The SMILES string of the molecule is CCc1ccnc(C(=O)C23CNCCC2=CC(=Nc2ccc(F)cc2)C(=CN)C3)c1. The Morgan fingerprint density at radius 1 is 1.33 bits per heavy atom. The molecule has 30 heavy (non-hydrogen) atoms. The van der Waals surface area contributed by atoms with Gasteiger partial charge in [0, 0.05) is 12.7 Å². The van der Waals surface area contributed by atoms with Gasteiger partial charge < -0.3 is 11.1 Å². The van der Waals surface area contributed by atoms with Crippen LogP contribution in [0, 0.1) is 11.2 Å². The number of ketones is 1. The molecule has 1 aliphatic carbocycles. The van der Waals surface area contributed by atoms with Crippen molar-refractivity contribution in [2.45, 2.75) is 26.2 Å². The molecule has 0 bridgehead atoms. The molecule has 1 saturated heterocycles. The van der Waals surface area contributed by atoms with Crippen LogP contribution in [0.2, 0.25) is 0 Å². The molecule has 1 atom stereocenters. The van der Waals surface area contributed by atoms with Crippen LogP contribution < -0.4 is 11.1 Å². The first kappa shape index (κ1) is 20.2. The van der Waals surface area contributed by atoms with Crippen molar-refractivity contribution in [1.82, 2.24) is 10.3 Å². The number of fused-ring (bicyclic) bond motifs is 1. The molecule has 2 aliphatic rings. The molecule has 1 fully saturated rings. The molecule has 2 aromatic rings. The first-order valence-electron chi connectivity index (χ1n) is 10.2. The monoisotopic (exact) mass is 404 g/mol. The van der Waals surface area contributed by atoms with E-state index in [1.165, 1.54) is 18.3 Å². The van der Waals surface area contributed by atoms with E-state index in [2.05, 4.69) is 22.2 Å². The summed E-state index contributed by atoms with van der Waals surface area (Å²) >= 11 is 0. The number of nitrogens with two attached hydrogens (primary N) is 1. The quantitative estimate of drug-likeness (QED) is 0.758. The molecule has 1 aromatic heterocycles.